The zero-order valence-electron chi connectivity index (χ0n) is 13.2. The minimum absolute atomic E-state index is 0.0842. The number of hydrogen-bond donors (Lipinski definition) is 1. The minimum atomic E-state index is -0.655. The van der Waals surface area contributed by atoms with Crippen LogP contribution in [0.1, 0.15) is 0 Å². The van der Waals surface area contributed by atoms with Gasteiger partial charge < -0.3 is 10.0 Å². The van der Waals surface area contributed by atoms with Crippen molar-refractivity contribution in [3.05, 3.63) is 46.7 Å². The van der Waals surface area contributed by atoms with Crippen LogP contribution in [-0.2, 0) is 0 Å². The Hall–Kier alpha value is -2.41. The number of azide groups is 1. The van der Waals surface area contributed by atoms with Gasteiger partial charge in [-0.15, -0.1) is 0 Å². The lowest BCUT2D eigenvalue weighted by Crippen LogP contribution is -2.49. The van der Waals surface area contributed by atoms with Crippen LogP contribution < -0.4 is 4.90 Å². The molecule has 3 rings (SSSR count). The number of fused-ring (bicyclic) bond motifs is 1. The second kappa shape index (κ2) is 7.44. The fourth-order valence-corrected chi connectivity index (χ4v) is 3.01. The van der Waals surface area contributed by atoms with Crippen LogP contribution in [0.2, 0.25) is 0 Å². The Morgan fingerprint density at radius 1 is 1.29 bits per heavy atom. The molecule has 0 radical (unpaired) electrons. The molecule has 24 heavy (non-hydrogen) atoms. The topological polar surface area (TPSA) is 88.4 Å². The second-order valence-electron chi connectivity index (χ2n) is 5.85. The minimum Gasteiger partial charge on any atom is -0.392 e. The van der Waals surface area contributed by atoms with Gasteiger partial charge in [0.15, 0.2) is 0 Å². The first-order valence-corrected chi connectivity index (χ1v) is 7.88. The molecule has 1 aromatic heterocycles. The highest BCUT2D eigenvalue weighted by Gasteiger charge is 2.21. The molecule has 1 N–H and O–H groups in total. The summed E-state index contributed by atoms with van der Waals surface area (Å²) in [5.74, 6) is 0.526. The Morgan fingerprint density at radius 3 is 2.83 bits per heavy atom. The normalized spacial score (nSPS) is 16.8. The number of halogens is 1. The molecule has 1 aliphatic rings. The number of aliphatic hydroxyl groups excluding tert-OH is 1. The van der Waals surface area contributed by atoms with E-state index in [1.54, 1.807) is 12.3 Å². The summed E-state index contributed by atoms with van der Waals surface area (Å²) in [4.78, 5) is 11.4. The Labute approximate surface area is 138 Å². The zero-order valence-corrected chi connectivity index (χ0v) is 13.2. The number of pyridine rings is 1. The molecule has 0 amide bonds. The SMILES string of the molecule is [N-]=[N+]=NCC(O)CN1CCN(c2nccc3ccc(F)cc23)CC1. The van der Waals surface area contributed by atoms with E-state index in [1.807, 2.05) is 6.07 Å². The van der Waals surface area contributed by atoms with Gasteiger partial charge in [0.05, 0.1) is 12.6 Å². The van der Waals surface area contributed by atoms with Gasteiger partial charge in [-0.25, -0.2) is 9.37 Å². The number of benzene rings is 1. The van der Waals surface area contributed by atoms with E-state index < -0.39 is 6.10 Å². The van der Waals surface area contributed by atoms with Crippen molar-refractivity contribution in [1.82, 2.24) is 9.88 Å². The molecule has 126 valence electrons. The molecular formula is C16H19FN6O. The lowest BCUT2D eigenvalue weighted by molar-refractivity contribution is 0.115. The Bertz CT molecular complexity index is 755. The van der Waals surface area contributed by atoms with Crippen LogP contribution in [0, 0.1) is 5.82 Å². The highest BCUT2D eigenvalue weighted by atomic mass is 19.1. The average molecular weight is 330 g/mol. The van der Waals surface area contributed by atoms with Crippen LogP contribution in [-0.4, -0.2) is 60.4 Å². The zero-order chi connectivity index (χ0) is 16.9. The van der Waals surface area contributed by atoms with Gasteiger partial charge in [-0.3, -0.25) is 4.90 Å². The summed E-state index contributed by atoms with van der Waals surface area (Å²) in [6, 6.07) is 6.61. The average Bonchev–Trinajstić information content (AvgIpc) is 2.60. The summed E-state index contributed by atoms with van der Waals surface area (Å²) in [7, 11) is 0. The van der Waals surface area contributed by atoms with E-state index in [4.69, 9.17) is 5.53 Å². The maximum Gasteiger partial charge on any atom is 0.136 e. The second-order valence-corrected chi connectivity index (χ2v) is 5.85. The number of β-amino-alcohol motifs (C(OH)–C–C–N with tert-alkyl or cyclic N) is 1. The smallest absolute Gasteiger partial charge is 0.136 e. The molecule has 2 heterocycles. The summed E-state index contributed by atoms with van der Waals surface area (Å²) in [5.41, 5.74) is 8.28. The van der Waals surface area contributed by atoms with Crippen LogP contribution in [0.4, 0.5) is 10.2 Å². The number of piperazine rings is 1. The highest BCUT2D eigenvalue weighted by Crippen LogP contribution is 2.26. The molecule has 1 aromatic carbocycles. The third-order valence-corrected chi connectivity index (χ3v) is 4.20. The van der Waals surface area contributed by atoms with Crippen molar-refractivity contribution in [1.29, 1.82) is 0 Å². The third kappa shape index (κ3) is 3.73. The fraction of sp³-hybridized carbons (Fsp3) is 0.438. The van der Waals surface area contributed by atoms with Crippen LogP contribution in [0.15, 0.2) is 35.6 Å². The summed E-state index contributed by atoms with van der Waals surface area (Å²) < 4.78 is 13.6. The molecule has 1 atom stereocenters. The monoisotopic (exact) mass is 330 g/mol. The van der Waals surface area contributed by atoms with Crippen molar-refractivity contribution in [2.24, 2.45) is 5.11 Å². The van der Waals surface area contributed by atoms with E-state index in [-0.39, 0.29) is 12.4 Å². The number of hydrogen-bond acceptors (Lipinski definition) is 5. The number of aromatic nitrogens is 1. The number of nitrogens with zero attached hydrogens (tertiary/aromatic N) is 6. The first kappa shape index (κ1) is 16.4. The molecular weight excluding hydrogens is 311 g/mol. The molecule has 2 aromatic rings. The van der Waals surface area contributed by atoms with Gasteiger partial charge in [-0.2, -0.15) is 0 Å². The quantitative estimate of drug-likeness (QED) is 0.517. The van der Waals surface area contributed by atoms with E-state index in [9.17, 15) is 9.50 Å². The van der Waals surface area contributed by atoms with Gasteiger partial charge >= 0.3 is 0 Å². The molecule has 1 aliphatic heterocycles. The van der Waals surface area contributed by atoms with Gasteiger partial charge in [0.2, 0.25) is 0 Å². The molecule has 0 spiro atoms. The summed E-state index contributed by atoms with van der Waals surface area (Å²) in [5, 5.41) is 15.0. The summed E-state index contributed by atoms with van der Waals surface area (Å²) >= 11 is 0. The van der Waals surface area contributed by atoms with Crippen LogP contribution in [0.25, 0.3) is 21.2 Å². The molecule has 8 heteroatoms. The van der Waals surface area contributed by atoms with Crippen molar-refractivity contribution in [3.63, 3.8) is 0 Å². The van der Waals surface area contributed by atoms with Gasteiger partial charge in [0.1, 0.15) is 11.6 Å². The summed E-state index contributed by atoms with van der Waals surface area (Å²) in [6.07, 6.45) is 1.09. The largest absolute Gasteiger partial charge is 0.392 e. The van der Waals surface area contributed by atoms with E-state index in [0.29, 0.717) is 6.54 Å². The standard InChI is InChI=1S/C16H19FN6O/c17-13-2-1-12-3-4-19-16(15(12)9-13)23-7-5-22(6-8-23)11-14(24)10-20-21-18/h1-4,9,14,24H,5-8,10-11H2. The Morgan fingerprint density at radius 2 is 2.08 bits per heavy atom. The highest BCUT2D eigenvalue weighted by molar-refractivity contribution is 5.92. The first-order chi connectivity index (χ1) is 11.7. The van der Waals surface area contributed by atoms with Gasteiger partial charge in [-0.1, -0.05) is 11.2 Å². The predicted molar refractivity (Wildman–Crippen MR) is 90.4 cm³/mol. The van der Waals surface area contributed by atoms with Gasteiger partial charge in [0.25, 0.3) is 0 Å². The van der Waals surface area contributed by atoms with E-state index in [1.165, 1.54) is 12.1 Å². The van der Waals surface area contributed by atoms with Crippen LogP contribution >= 0.6 is 0 Å². The maximum atomic E-state index is 13.6. The van der Waals surface area contributed by atoms with Crippen LogP contribution in [0.5, 0.6) is 0 Å². The molecule has 1 unspecified atom stereocenters. The van der Waals surface area contributed by atoms with Gasteiger partial charge in [0, 0.05) is 49.2 Å². The first-order valence-electron chi connectivity index (χ1n) is 7.88. The van der Waals surface area contributed by atoms with E-state index in [0.717, 1.165) is 42.8 Å². The van der Waals surface area contributed by atoms with Crippen molar-refractivity contribution in [2.45, 2.75) is 6.10 Å². The van der Waals surface area contributed by atoms with Gasteiger partial charge in [-0.05, 0) is 29.1 Å². The molecule has 1 saturated heterocycles. The van der Waals surface area contributed by atoms with Crippen molar-refractivity contribution in [2.75, 3.05) is 44.2 Å². The Balaban J connectivity index is 1.67. The van der Waals surface area contributed by atoms with Crippen molar-refractivity contribution < 1.29 is 9.50 Å². The van der Waals surface area contributed by atoms with Crippen LogP contribution in [0.3, 0.4) is 0 Å². The number of aliphatic hydroxyl groups is 1. The lowest BCUT2D eigenvalue weighted by Gasteiger charge is -2.36. The number of anilines is 1. The maximum absolute atomic E-state index is 13.6. The lowest BCUT2D eigenvalue weighted by atomic mass is 10.1. The summed E-state index contributed by atoms with van der Waals surface area (Å²) in [6.45, 7) is 3.58. The predicted octanol–water partition coefficient (Wildman–Crippen LogP) is 2.17. The Kier molecular flexibility index (Phi) is 5.10. The van der Waals surface area contributed by atoms with E-state index >= 15 is 0 Å². The molecule has 0 bridgehead atoms. The molecule has 0 saturated carbocycles. The molecule has 7 nitrogen and oxygen atoms in total. The number of rotatable bonds is 5. The van der Waals surface area contributed by atoms with Crippen molar-refractivity contribution in [3.8, 4) is 0 Å². The van der Waals surface area contributed by atoms with E-state index in [2.05, 4.69) is 24.8 Å². The fourth-order valence-electron chi connectivity index (χ4n) is 3.01. The molecule has 0 aliphatic carbocycles. The van der Waals surface area contributed by atoms with Crippen molar-refractivity contribution >= 4 is 16.6 Å². The third-order valence-electron chi connectivity index (χ3n) is 4.20. The molecule has 1 fully saturated rings.